The summed E-state index contributed by atoms with van der Waals surface area (Å²) < 4.78 is 7.13. The number of fused-ring (bicyclic) bond motifs is 7. The van der Waals surface area contributed by atoms with E-state index in [-0.39, 0.29) is 0 Å². The number of hydrogen-bond donors (Lipinski definition) is 0. The Bertz CT molecular complexity index is 3630. The van der Waals surface area contributed by atoms with E-state index in [1.807, 2.05) is 0 Å². The Morgan fingerprint density at radius 1 is 0.270 bits per heavy atom. The van der Waals surface area contributed by atoms with E-state index in [4.69, 9.17) is 4.42 Å². The minimum atomic E-state index is 0.813. The van der Waals surface area contributed by atoms with Crippen LogP contribution in [0.1, 0.15) is 0 Å². The van der Waals surface area contributed by atoms with Crippen molar-refractivity contribution in [1.29, 1.82) is 0 Å². The Morgan fingerprint density at radius 3 is 1.56 bits per heavy atom. The molecular weight excluding hydrogens is 765 g/mol. The third-order valence-corrected chi connectivity index (χ3v) is 12.3. The molecule has 0 aliphatic carbocycles. The van der Waals surface area contributed by atoms with Crippen molar-refractivity contribution in [3.05, 3.63) is 243 Å². The maximum absolute atomic E-state index is 7.13. The Labute approximate surface area is 365 Å². The van der Waals surface area contributed by atoms with Crippen LogP contribution in [-0.4, -0.2) is 0 Å². The lowest BCUT2D eigenvalue weighted by molar-refractivity contribution is 0.673. The van der Waals surface area contributed by atoms with Crippen molar-refractivity contribution < 1.29 is 4.42 Å². The van der Waals surface area contributed by atoms with Gasteiger partial charge in [-0.25, -0.2) is 0 Å². The molecule has 11 aromatic carbocycles. The fourth-order valence-electron chi connectivity index (χ4n) is 9.31. The number of rotatable bonds is 8. The average Bonchev–Trinajstić information content (AvgIpc) is 3.74. The second-order valence-electron chi connectivity index (χ2n) is 16.2. The Morgan fingerprint density at radius 2 is 0.794 bits per heavy atom. The molecule has 1 aromatic heterocycles. The number of furan rings is 1. The molecule has 0 saturated carbocycles. The van der Waals surface area contributed by atoms with Gasteiger partial charge in [0.15, 0.2) is 0 Å². The molecule has 0 aliphatic rings. The third-order valence-electron chi connectivity index (χ3n) is 12.3. The Balaban J connectivity index is 1.14. The zero-order valence-corrected chi connectivity index (χ0v) is 34.4. The highest BCUT2D eigenvalue weighted by molar-refractivity contribution is 6.20. The van der Waals surface area contributed by atoms with E-state index in [1.54, 1.807) is 0 Å². The lowest BCUT2D eigenvalue weighted by Gasteiger charge is -2.30. The molecule has 296 valence electrons. The van der Waals surface area contributed by atoms with Gasteiger partial charge in [0, 0.05) is 39.6 Å². The molecule has 12 aromatic rings. The molecule has 12 rings (SSSR count). The summed E-state index contributed by atoms with van der Waals surface area (Å²) in [7, 11) is 0. The molecule has 0 bridgehead atoms. The quantitative estimate of drug-likeness (QED) is 0.153. The van der Waals surface area contributed by atoms with Gasteiger partial charge in [-0.2, -0.15) is 0 Å². The zero-order valence-electron chi connectivity index (χ0n) is 34.4. The van der Waals surface area contributed by atoms with Gasteiger partial charge in [0.25, 0.3) is 0 Å². The monoisotopic (exact) mass is 804 g/mol. The normalized spacial score (nSPS) is 11.5. The van der Waals surface area contributed by atoms with Crippen LogP contribution >= 0.6 is 0 Å². The van der Waals surface area contributed by atoms with Crippen LogP contribution < -0.4 is 9.80 Å². The van der Waals surface area contributed by atoms with Crippen LogP contribution in [0.3, 0.4) is 0 Å². The number of anilines is 6. The van der Waals surface area contributed by atoms with E-state index in [1.165, 1.54) is 38.2 Å². The molecule has 1 heterocycles. The lowest BCUT2D eigenvalue weighted by atomic mass is 10.00. The van der Waals surface area contributed by atoms with Crippen LogP contribution in [0.2, 0.25) is 0 Å². The predicted molar refractivity (Wildman–Crippen MR) is 266 cm³/mol. The summed E-state index contributed by atoms with van der Waals surface area (Å²) in [6.07, 6.45) is 0. The minimum absolute atomic E-state index is 0.813. The van der Waals surface area contributed by atoms with Crippen LogP contribution in [0.5, 0.6) is 0 Å². The Hall–Kier alpha value is -8.40. The van der Waals surface area contributed by atoms with E-state index in [2.05, 4.69) is 252 Å². The van der Waals surface area contributed by atoms with Crippen LogP contribution in [0, 0.1) is 0 Å². The summed E-state index contributed by atoms with van der Waals surface area (Å²) >= 11 is 0. The van der Waals surface area contributed by atoms with Crippen molar-refractivity contribution in [2.24, 2.45) is 0 Å². The topological polar surface area (TPSA) is 19.6 Å². The van der Waals surface area contributed by atoms with E-state index in [0.717, 1.165) is 72.4 Å². The first kappa shape index (κ1) is 36.5. The first-order chi connectivity index (χ1) is 31.2. The van der Waals surface area contributed by atoms with Crippen LogP contribution in [0.25, 0.3) is 76.5 Å². The van der Waals surface area contributed by atoms with Crippen LogP contribution in [0.15, 0.2) is 247 Å². The largest absolute Gasteiger partial charge is 0.455 e. The summed E-state index contributed by atoms with van der Waals surface area (Å²) in [4.78, 5) is 4.78. The molecule has 0 saturated heterocycles. The van der Waals surface area contributed by atoms with Gasteiger partial charge in [-0.15, -0.1) is 0 Å². The minimum Gasteiger partial charge on any atom is -0.455 e. The second kappa shape index (κ2) is 15.3. The standard InChI is InChI=1S/C60H40N2O/c1-4-15-41(16-5-1)46-22-14-25-51(36-46)62(53-32-29-43-19-10-11-21-45(43)37-53)57-39-54(40-58-59(57)56-34-31-44-20-12-13-26-55(44)60(56)63-58)61(50-23-8-3-9-24-50)52-33-30-48-35-47(27-28-49(48)38-52)42-17-6-2-7-18-42/h1-40H. The zero-order chi connectivity index (χ0) is 41.7. The maximum atomic E-state index is 7.13. The van der Waals surface area contributed by atoms with Crippen molar-refractivity contribution in [1.82, 2.24) is 0 Å². The van der Waals surface area contributed by atoms with Gasteiger partial charge in [-0.3, -0.25) is 0 Å². The summed E-state index contributed by atoms with van der Waals surface area (Å²) in [5, 5.41) is 9.08. The van der Waals surface area contributed by atoms with Gasteiger partial charge in [-0.05, 0) is 116 Å². The Kier molecular flexibility index (Phi) is 8.83. The molecule has 3 heteroatoms. The summed E-state index contributed by atoms with van der Waals surface area (Å²) in [6.45, 7) is 0. The summed E-state index contributed by atoms with van der Waals surface area (Å²) in [6, 6.07) is 87.2. The molecule has 3 nitrogen and oxygen atoms in total. The number of benzene rings is 11. The van der Waals surface area contributed by atoms with E-state index in [9.17, 15) is 0 Å². The SMILES string of the molecule is c1ccc(-c2cccc(N(c3ccc4ccccc4c3)c3cc(N(c4ccccc4)c4ccc5cc(-c6ccccc6)ccc5c4)cc4oc5c6ccccc6ccc5c34)c2)cc1. The van der Waals surface area contributed by atoms with Crippen molar-refractivity contribution in [3.8, 4) is 22.3 Å². The molecule has 0 atom stereocenters. The molecule has 0 fully saturated rings. The van der Waals surface area contributed by atoms with Crippen molar-refractivity contribution in [2.75, 3.05) is 9.80 Å². The summed E-state index contributed by atoms with van der Waals surface area (Å²) in [5.74, 6) is 0. The lowest BCUT2D eigenvalue weighted by Crippen LogP contribution is -2.13. The summed E-state index contributed by atoms with van der Waals surface area (Å²) in [5.41, 5.74) is 12.6. The highest BCUT2D eigenvalue weighted by Crippen LogP contribution is 2.49. The van der Waals surface area contributed by atoms with Crippen molar-refractivity contribution >= 4 is 88.4 Å². The van der Waals surface area contributed by atoms with Gasteiger partial charge < -0.3 is 14.2 Å². The number of hydrogen-bond acceptors (Lipinski definition) is 3. The van der Waals surface area contributed by atoms with E-state index >= 15 is 0 Å². The first-order valence-corrected chi connectivity index (χ1v) is 21.5. The smallest absolute Gasteiger partial charge is 0.143 e. The predicted octanol–water partition coefficient (Wildman–Crippen LogP) is 17.3. The second-order valence-corrected chi connectivity index (χ2v) is 16.2. The van der Waals surface area contributed by atoms with Gasteiger partial charge in [0.05, 0.1) is 16.8 Å². The molecule has 0 aliphatic heterocycles. The molecular formula is C60H40N2O. The van der Waals surface area contributed by atoms with Gasteiger partial charge in [0.2, 0.25) is 0 Å². The van der Waals surface area contributed by atoms with Crippen molar-refractivity contribution in [3.63, 3.8) is 0 Å². The van der Waals surface area contributed by atoms with Crippen molar-refractivity contribution in [2.45, 2.75) is 0 Å². The maximum Gasteiger partial charge on any atom is 0.143 e. The van der Waals surface area contributed by atoms with Crippen LogP contribution in [0.4, 0.5) is 34.1 Å². The highest BCUT2D eigenvalue weighted by Gasteiger charge is 2.25. The molecule has 0 amide bonds. The average molecular weight is 805 g/mol. The van der Waals surface area contributed by atoms with Gasteiger partial charge in [-0.1, -0.05) is 170 Å². The molecule has 0 spiro atoms. The molecule has 0 unspecified atom stereocenters. The molecule has 63 heavy (non-hydrogen) atoms. The number of para-hydroxylation sites is 1. The first-order valence-electron chi connectivity index (χ1n) is 21.5. The van der Waals surface area contributed by atoms with Gasteiger partial charge in [0.1, 0.15) is 11.2 Å². The molecule has 0 radical (unpaired) electrons. The van der Waals surface area contributed by atoms with E-state index in [0.29, 0.717) is 0 Å². The number of nitrogens with zero attached hydrogens (tertiary/aromatic N) is 2. The fraction of sp³-hybridized carbons (Fsp3) is 0. The van der Waals surface area contributed by atoms with E-state index < -0.39 is 0 Å². The fourth-order valence-corrected chi connectivity index (χ4v) is 9.31. The van der Waals surface area contributed by atoms with Gasteiger partial charge >= 0.3 is 0 Å². The third kappa shape index (κ3) is 6.55. The molecule has 0 N–H and O–H groups in total. The highest BCUT2D eigenvalue weighted by atomic mass is 16.3. The van der Waals surface area contributed by atoms with Crippen LogP contribution in [-0.2, 0) is 0 Å².